The van der Waals surface area contributed by atoms with E-state index < -0.39 is 0 Å². The molecule has 1 N–H and O–H groups in total. The highest BCUT2D eigenvalue weighted by Gasteiger charge is 2.05. The largest absolute Gasteiger partial charge is 0.297 e. The number of benzene rings is 1. The Morgan fingerprint density at radius 3 is 2.74 bits per heavy atom. The van der Waals surface area contributed by atoms with Crippen LogP contribution in [0.1, 0.15) is 10.7 Å². The molecule has 0 radical (unpaired) electrons. The van der Waals surface area contributed by atoms with Crippen molar-refractivity contribution in [2.45, 2.75) is 6.92 Å². The van der Waals surface area contributed by atoms with Gasteiger partial charge in [0, 0.05) is 17.0 Å². The second-order valence-electron chi connectivity index (χ2n) is 4.53. The monoisotopic (exact) mass is 346 g/mol. The number of nitrogens with one attached hydrogen (secondary N) is 1. The van der Waals surface area contributed by atoms with Crippen molar-refractivity contribution in [3.63, 3.8) is 0 Å². The van der Waals surface area contributed by atoms with Gasteiger partial charge in [-0.25, -0.2) is 9.37 Å². The van der Waals surface area contributed by atoms with Gasteiger partial charge in [0.2, 0.25) is 11.0 Å². The van der Waals surface area contributed by atoms with E-state index in [0.717, 1.165) is 15.6 Å². The van der Waals surface area contributed by atoms with Gasteiger partial charge in [-0.2, -0.15) is 0 Å². The molecule has 8 heteroatoms. The van der Waals surface area contributed by atoms with Gasteiger partial charge in [0.25, 0.3) is 0 Å². The Kier molecular flexibility index (Phi) is 4.54. The lowest BCUT2D eigenvalue weighted by molar-refractivity contribution is -0.111. The molecule has 0 unspecified atom stereocenters. The maximum absolute atomic E-state index is 12.9. The van der Waals surface area contributed by atoms with Crippen LogP contribution in [0.3, 0.4) is 0 Å². The van der Waals surface area contributed by atoms with Crippen molar-refractivity contribution in [2.75, 3.05) is 5.32 Å². The smallest absolute Gasteiger partial charge is 0.250 e. The fraction of sp³-hybridized carbons (Fsp3) is 0.0667. The first-order chi connectivity index (χ1) is 11.1. The standard InChI is InChI=1S/C15H11FN4OS2/c1-9-19-20-15(23-9)18-13(21)7-6-12-8-22-14(17-12)10-2-4-11(16)5-3-10/h2-8H,1H3,(H,18,20,21)/b7-6+. The lowest BCUT2D eigenvalue weighted by Crippen LogP contribution is -2.07. The van der Waals surface area contributed by atoms with Crippen molar-refractivity contribution in [2.24, 2.45) is 0 Å². The average molecular weight is 346 g/mol. The summed E-state index contributed by atoms with van der Waals surface area (Å²) in [5.41, 5.74) is 1.50. The van der Waals surface area contributed by atoms with Gasteiger partial charge >= 0.3 is 0 Å². The molecule has 0 aliphatic heterocycles. The molecular formula is C15H11FN4OS2. The predicted molar refractivity (Wildman–Crippen MR) is 89.8 cm³/mol. The zero-order chi connectivity index (χ0) is 16.2. The highest BCUT2D eigenvalue weighted by Crippen LogP contribution is 2.24. The lowest BCUT2D eigenvalue weighted by atomic mass is 10.2. The third kappa shape index (κ3) is 4.05. The first kappa shape index (κ1) is 15.4. The van der Waals surface area contributed by atoms with Gasteiger partial charge in [0.05, 0.1) is 5.69 Å². The van der Waals surface area contributed by atoms with Gasteiger partial charge in [-0.3, -0.25) is 10.1 Å². The summed E-state index contributed by atoms with van der Waals surface area (Å²) < 4.78 is 12.9. The van der Waals surface area contributed by atoms with E-state index in [1.165, 1.54) is 40.9 Å². The Balaban J connectivity index is 1.66. The van der Waals surface area contributed by atoms with Gasteiger partial charge in [-0.1, -0.05) is 11.3 Å². The van der Waals surface area contributed by atoms with Crippen LogP contribution >= 0.6 is 22.7 Å². The van der Waals surface area contributed by atoms with Crippen molar-refractivity contribution in [3.8, 4) is 10.6 Å². The molecule has 0 saturated heterocycles. The van der Waals surface area contributed by atoms with E-state index in [1.54, 1.807) is 18.2 Å². The van der Waals surface area contributed by atoms with Gasteiger partial charge in [0.15, 0.2) is 0 Å². The van der Waals surface area contributed by atoms with E-state index in [2.05, 4.69) is 20.5 Å². The second kappa shape index (κ2) is 6.76. The minimum absolute atomic E-state index is 0.283. The van der Waals surface area contributed by atoms with Crippen LogP contribution in [0.25, 0.3) is 16.6 Å². The number of carbonyl (C=O) groups is 1. The molecule has 0 bridgehead atoms. The minimum Gasteiger partial charge on any atom is -0.297 e. The van der Waals surface area contributed by atoms with Crippen molar-refractivity contribution in [3.05, 3.63) is 52.2 Å². The summed E-state index contributed by atoms with van der Waals surface area (Å²) in [7, 11) is 0. The van der Waals surface area contributed by atoms with E-state index in [9.17, 15) is 9.18 Å². The number of rotatable bonds is 4. The zero-order valence-corrected chi connectivity index (χ0v) is 13.6. The van der Waals surface area contributed by atoms with Crippen LogP contribution < -0.4 is 5.32 Å². The Bertz CT molecular complexity index is 855. The topological polar surface area (TPSA) is 67.8 Å². The fourth-order valence-corrected chi connectivity index (χ4v) is 3.13. The van der Waals surface area contributed by atoms with Gasteiger partial charge in [-0.15, -0.1) is 21.5 Å². The quantitative estimate of drug-likeness (QED) is 0.730. The summed E-state index contributed by atoms with van der Waals surface area (Å²) in [6.07, 6.45) is 3.01. The molecule has 5 nitrogen and oxygen atoms in total. The Morgan fingerprint density at radius 2 is 2.04 bits per heavy atom. The minimum atomic E-state index is -0.294. The predicted octanol–water partition coefficient (Wildman–Crippen LogP) is 3.76. The number of aromatic nitrogens is 3. The van der Waals surface area contributed by atoms with Crippen LogP contribution in [0, 0.1) is 12.7 Å². The van der Waals surface area contributed by atoms with E-state index in [4.69, 9.17) is 0 Å². The summed E-state index contributed by atoms with van der Waals surface area (Å²) in [5, 5.41) is 14.1. The third-order valence-electron chi connectivity index (χ3n) is 2.77. The first-order valence-corrected chi connectivity index (χ1v) is 8.30. The van der Waals surface area contributed by atoms with Gasteiger partial charge in [0.1, 0.15) is 15.8 Å². The first-order valence-electron chi connectivity index (χ1n) is 6.61. The fourth-order valence-electron chi connectivity index (χ4n) is 1.74. The molecule has 1 aromatic carbocycles. The molecule has 0 spiro atoms. The molecule has 3 rings (SSSR count). The molecule has 0 atom stereocenters. The Labute approximate surface area is 139 Å². The molecule has 0 aliphatic rings. The zero-order valence-electron chi connectivity index (χ0n) is 12.0. The number of hydrogen-bond acceptors (Lipinski definition) is 6. The number of thiazole rings is 1. The molecule has 2 heterocycles. The molecule has 3 aromatic rings. The molecule has 23 heavy (non-hydrogen) atoms. The number of amides is 1. The maximum Gasteiger partial charge on any atom is 0.250 e. The average Bonchev–Trinajstić information content (AvgIpc) is 3.15. The summed E-state index contributed by atoms with van der Waals surface area (Å²) in [5.74, 6) is -0.577. The summed E-state index contributed by atoms with van der Waals surface area (Å²) in [6.45, 7) is 1.81. The van der Waals surface area contributed by atoms with Crippen LogP contribution in [0.5, 0.6) is 0 Å². The van der Waals surface area contributed by atoms with Crippen molar-refractivity contribution in [1.29, 1.82) is 0 Å². The van der Waals surface area contributed by atoms with E-state index in [1.807, 2.05) is 12.3 Å². The van der Waals surface area contributed by atoms with E-state index in [0.29, 0.717) is 10.8 Å². The molecule has 116 valence electrons. The summed E-state index contributed by atoms with van der Waals surface area (Å²) >= 11 is 2.74. The van der Waals surface area contributed by atoms with Crippen LogP contribution in [-0.2, 0) is 4.79 Å². The van der Waals surface area contributed by atoms with Crippen LogP contribution in [0.2, 0.25) is 0 Å². The Morgan fingerprint density at radius 1 is 1.26 bits per heavy atom. The highest BCUT2D eigenvalue weighted by molar-refractivity contribution is 7.15. The lowest BCUT2D eigenvalue weighted by Gasteiger charge is -1.95. The summed E-state index contributed by atoms with van der Waals surface area (Å²) in [4.78, 5) is 16.2. The molecular weight excluding hydrogens is 335 g/mol. The van der Waals surface area contributed by atoms with Crippen molar-refractivity contribution >= 4 is 39.8 Å². The van der Waals surface area contributed by atoms with Crippen LogP contribution in [0.4, 0.5) is 9.52 Å². The number of hydrogen-bond donors (Lipinski definition) is 1. The van der Waals surface area contributed by atoms with Crippen molar-refractivity contribution < 1.29 is 9.18 Å². The molecule has 0 fully saturated rings. The van der Waals surface area contributed by atoms with Gasteiger partial charge < -0.3 is 0 Å². The van der Waals surface area contributed by atoms with Gasteiger partial charge in [-0.05, 0) is 37.3 Å². The number of nitrogens with zero attached hydrogens (tertiary/aromatic N) is 3. The Hall–Kier alpha value is -2.45. The van der Waals surface area contributed by atoms with E-state index >= 15 is 0 Å². The van der Waals surface area contributed by atoms with Crippen LogP contribution in [-0.4, -0.2) is 21.1 Å². The number of aryl methyl sites for hydroxylation is 1. The normalized spacial score (nSPS) is 11.0. The second-order valence-corrected chi connectivity index (χ2v) is 6.57. The SMILES string of the molecule is Cc1nnc(NC(=O)/C=C/c2csc(-c3ccc(F)cc3)n2)s1. The molecule has 0 aliphatic carbocycles. The highest BCUT2D eigenvalue weighted by atomic mass is 32.1. The molecule has 2 aromatic heterocycles. The number of carbonyl (C=O) groups excluding carboxylic acids is 1. The van der Waals surface area contributed by atoms with Crippen molar-refractivity contribution in [1.82, 2.24) is 15.2 Å². The molecule has 0 saturated carbocycles. The summed E-state index contributed by atoms with van der Waals surface area (Å²) in [6, 6.07) is 6.13. The third-order valence-corrected chi connectivity index (χ3v) is 4.44. The van der Waals surface area contributed by atoms with Crippen LogP contribution in [0.15, 0.2) is 35.7 Å². The number of anilines is 1. The number of halogens is 1. The molecule has 1 amide bonds. The maximum atomic E-state index is 12.9. The van der Waals surface area contributed by atoms with E-state index in [-0.39, 0.29) is 11.7 Å².